The Morgan fingerprint density at radius 1 is 1.60 bits per heavy atom. The van der Waals surface area contributed by atoms with E-state index in [-0.39, 0.29) is 17.5 Å². The first-order valence-corrected chi connectivity index (χ1v) is 6.48. The number of nitrogens with two attached hydrogens (primary N) is 1. The van der Waals surface area contributed by atoms with Gasteiger partial charge in [0.1, 0.15) is 5.69 Å². The van der Waals surface area contributed by atoms with Crippen molar-refractivity contribution in [2.75, 3.05) is 25.5 Å². The first kappa shape index (κ1) is 14.3. The van der Waals surface area contributed by atoms with Crippen molar-refractivity contribution in [2.45, 2.75) is 13.0 Å². The maximum absolute atomic E-state index is 11.1. The van der Waals surface area contributed by atoms with Gasteiger partial charge in [0.2, 0.25) is 5.91 Å². The van der Waals surface area contributed by atoms with Gasteiger partial charge in [-0.25, -0.2) is 0 Å². The third-order valence-electron chi connectivity index (χ3n) is 3.61. The molecule has 1 fully saturated rings. The van der Waals surface area contributed by atoms with Crippen LogP contribution < -0.4 is 11.1 Å². The topological polar surface area (TPSA) is 102 Å². The summed E-state index contributed by atoms with van der Waals surface area (Å²) in [6.45, 7) is 2.00. The predicted molar refractivity (Wildman–Crippen MR) is 75.2 cm³/mol. The molecule has 1 aromatic carbocycles. The van der Waals surface area contributed by atoms with Crippen LogP contribution in [0.1, 0.15) is 12.0 Å². The Labute approximate surface area is 116 Å². The number of carbonyl (C=O) groups excluding carboxylic acids is 1. The molecule has 7 heteroatoms. The van der Waals surface area contributed by atoms with E-state index in [1.807, 2.05) is 6.07 Å². The second kappa shape index (κ2) is 5.87. The van der Waals surface area contributed by atoms with Crippen LogP contribution in [0.2, 0.25) is 0 Å². The van der Waals surface area contributed by atoms with E-state index in [4.69, 9.17) is 5.73 Å². The molecule has 1 unspecified atom stereocenters. The summed E-state index contributed by atoms with van der Waals surface area (Å²) in [5, 5.41) is 13.8. The molecule has 0 aliphatic carbocycles. The van der Waals surface area contributed by atoms with Crippen LogP contribution in [0.15, 0.2) is 18.2 Å². The lowest BCUT2D eigenvalue weighted by atomic mass is 10.1. The van der Waals surface area contributed by atoms with Crippen LogP contribution in [0, 0.1) is 16.0 Å². The summed E-state index contributed by atoms with van der Waals surface area (Å²) >= 11 is 0. The number of benzene rings is 1. The zero-order chi connectivity index (χ0) is 14.7. The maximum Gasteiger partial charge on any atom is 0.292 e. The van der Waals surface area contributed by atoms with Crippen LogP contribution in [0.5, 0.6) is 0 Å². The highest BCUT2D eigenvalue weighted by Gasteiger charge is 2.26. The normalized spacial score (nSPS) is 18.9. The molecule has 0 bridgehead atoms. The molecule has 108 valence electrons. The van der Waals surface area contributed by atoms with E-state index in [9.17, 15) is 14.9 Å². The van der Waals surface area contributed by atoms with Crippen LogP contribution >= 0.6 is 0 Å². The van der Waals surface area contributed by atoms with Crippen molar-refractivity contribution in [2.24, 2.45) is 11.7 Å². The van der Waals surface area contributed by atoms with Gasteiger partial charge in [-0.3, -0.25) is 19.8 Å². The Kier molecular flexibility index (Phi) is 4.19. The van der Waals surface area contributed by atoms with Crippen molar-refractivity contribution >= 4 is 17.3 Å². The smallest absolute Gasteiger partial charge is 0.292 e. The lowest BCUT2D eigenvalue weighted by molar-refractivity contribution is -0.384. The van der Waals surface area contributed by atoms with Crippen molar-refractivity contribution in [3.8, 4) is 0 Å². The molecule has 0 radical (unpaired) electrons. The Balaban J connectivity index is 2.09. The summed E-state index contributed by atoms with van der Waals surface area (Å²) in [5.74, 6) is -0.384. The monoisotopic (exact) mass is 278 g/mol. The Morgan fingerprint density at radius 3 is 2.90 bits per heavy atom. The van der Waals surface area contributed by atoms with E-state index < -0.39 is 4.92 Å². The van der Waals surface area contributed by atoms with E-state index in [1.165, 1.54) is 0 Å². The first-order chi connectivity index (χ1) is 9.51. The number of nitrogens with one attached hydrogen (secondary N) is 1. The lowest BCUT2D eigenvalue weighted by Crippen LogP contribution is -2.27. The Morgan fingerprint density at radius 2 is 2.35 bits per heavy atom. The number of hydrogen-bond acceptors (Lipinski definition) is 5. The molecule has 1 aliphatic heterocycles. The third kappa shape index (κ3) is 3.05. The summed E-state index contributed by atoms with van der Waals surface area (Å²) in [7, 11) is 1.65. The van der Waals surface area contributed by atoms with Crippen LogP contribution in [-0.2, 0) is 11.3 Å². The molecular weight excluding hydrogens is 260 g/mol. The summed E-state index contributed by atoms with van der Waals surface area (Å²) in [4.78, 5) is 23.8. The molecule has 1 aliphatic rings. The van der Waals surface area contributed by atoms with Crippen LogP contribution in [-0.4, -0.2) is 35.9 Å². The van der Waals surface area contributed by atoms with Crippen LogP contribution in [0.4, 0.5) is 11.4 Å². The minimum atomic E-state index is -0.397. The van der Waals surface area contributed by atoms with Crippen molar-refractivity contribution in [1.29, 1.82) is 0 Å². The molecule has 3 N–H and O–H groups in total. The number of amides is 1. The fourth-order valence-corrected chi connectivity index (χ4v) is 2.50. The largest absolute Gasteiger partial charge is 0.383 e. The molecule has 20 heavy (non-hydrogen) atoms. The Hall–Kier alpha value is -2.15. The summed E-state index contributed by atoms with van der Waals surface area (Å²) in [6, 6.07) is 5.13. The third-order valence-corrected chi connectivity index (χ3v) is 3.61. The van der Waals surface area contributed by atoms with E-state index in [1.54, 1.807) is 19.2 Å². The molecule has 1 heterocycles. The number of rotatable bonds is 5. The molecule has 1 saturated heterocycles. The average Bonchev–Trinajstić information content (AvgIpc) is 2.87. The maximum atomic E-state index is 11.1. The van der Waals surface area contributed by atoms with Crippen molar-refractivity contribution < 1.29 is 9.72 Å². The zero-order valence-corrected chi connectivity index (χ0v) is 11.3. The molecule has 0 saturated carbocycles. The molecule has 0 aromatic heterocycles. The van der Waals surface area contributed by atoms with Gasteiger partial charge in [-0.2, -0.15) is 0 Å². The van der Waals surface area contributed by atoms with Gasteiger partial charge < -0.3 is 11.1 Å². The van der Waals surface area contributed by atoms with Crippen molar-refractivity contribution in [3.05, 3.63) is 33.9 Å². The number of anilines is 1. The van der Waals surface area contributed by atoms with Crippen molar-refractivity contribution in [1.82, 2.24) is 4.90 Å². The summed E-state index contributed by atoms with van der Waals surface area (Å²) in [5.41, 5.74) is 6.71. The second-order valence-electron chi connectivity index (χ2n) is 4.98. The van der Waals surface area contributed by atoms with Gasteiger partial charge in [-0.1, -0.05) is 6.07 Å². The highest BCUT2D eigenvalue weighted by Crippen LogP contribution is 2.26. The number of hydrogen-bond donors (Lipinski definition) is 2. The van der Waals surface area contributed by atoms with Crippen LogP contribution in [0.3, 0.4) is 0 Å². The van der Waals surface area contributed by atoms with Gasteiger partial charge in [0.15, 0.2) is 0 Å². The second-order valence-corrected chi connectivity index (χ2v) is 4.98. The highest BCUT2D eigenvalue weighted by molar-refractivity contribution is 5.77. The average molecular weight is 278 g/mol. The molecular formula is C13H18N4O3. The van der Waals surface area contributed by atoms with Crippen molar-refractivity contribution in [3.63, 3.8) is 0 Å². The molecule has 0 spiro atoms. The Bertz CT molecular complexity index is 532. The minimum Gasteiger partial charge on any atom is -0.383 e. The number of nitro groups is 1. The number of nitrogens with zero attached hydrogens (tertiary/aromatic N) is 2. The molecule has 1 aromatic rings. The summed E-state index contributed by atoms with van der Waals surface area (Å²) < 4.78 is 0. The zero-order valence-electron chi connectivity index (χ0n) is 11.3. The number of primary amides is 1. The van der Waals surface area contributed by atoms with E-state index in [2.05, 4.69) is 10.2 Å². The van der Waals surface area contributed by atoms with Gasteiger partial charge in [0.05, 0.1) is 10.8 Å². The fraction of sp³-hybridized carbons (Fsp3) is 0.462. The van der Waals surface area contributed by atoms with Crippen LogP contribution in [0.25, 0.3) is 0 Å². The first-order valence-electron chi connectivity index (χ1n) is 6.48. The van der Waals surface area contributed by atoms with E-state index >= 15 is 0 Å². The predicted octanol–water partition coefficient (Wildman–Crippen LogP) is 0.944. The van der Waals surface area contributed by atoms with Gasteiger partial charge in [-0.15, -0.1) is 0 Å². The number of likely N-dealkylation sites (tertiary alicyclic amines) is 1. The van der Waals surface area contributed by atoms with Gasteiger partial charge in [0, 0.05) is 26.2 Å². The minimum absolute atomic E-state index is 0.0654. The number of carbonyl (C=O) groups is 1. The van der Waals surface area contributed by atoms with Gasteiger partial charge in [0.25, 0.3) is 5.69 Å². The quantitative estimate of drug-likeness (QED) is 0.616. The van der Waals surface area contributed by atoms with Gasteiger partial charge >= 0.3 is 0 Å². The van der Waals surface area contributed by atoms with E-state index in [0.29, 0.717) is 18.8 Å². The molecule has 7 nitrogen and oxygen atoms in total. The molecule has 2 rings (SSSR count). The molecule has 1 amide bonds. The van der Waals surface area contributed by atoms with E-state index in [0.717, 1.165) is 18.5 Å². The fourth-order valence-electron chi connectivity index (χ4n) is 2.50. The van der Waals surface area contributed by atoms with Gasteiger partial charge in [-0.05, 0) is 24.6 Å². The lowest BCUT2D eigenvalue weighted by Gasteiger charge is -2.15. The highest BCUT2D eigenvalue weighted by atomic mass is 16.6. The SMILES string of the molecule is CNc1ccc(CN2CCC(C(N)=O)C2)cc1[N+](=O)[O-]. The standard InChI is InChI=1S/C13H18N4O3/c1-15-11-3-2-9(6-12(11)17(19)20)7-16-5-4-10(8-16)13(14)18/h2-3,6,10,15H,4-5,7-8H2,1H3,(H2,14,18). The summed E-state index contributed by atoms with van der Waals surface area (Å²) in [6.07, 6.45) is 0.756. The molecule has 1 atom stereocenters. The number of nitro benzene ring substituents is 1.